The van der Waals surface area contributed by atoms with Gasteiger partial charge in [-0.15, -0.1) is 0 Å². The van der Waals surface area contributed by atoms with Crippen LogP contribution in [0.2, 0.25) is 0 Å². The summed E-state index contributed by atoms with van der Waals surface area (Å²) < 4.78 is 64.7. The van der Waals surface area contributed by atoms with Crippen LogP contribution in [0.5, 0.6) is 5.75 Å². The molecule has 0 aliphatic carbocycles. The van der Waals surface area contributed by atoms with Gasteiger partial charge in [-0.2, -0.15) is 0 Å². The maximum Gasteiger partial charge on any atom is 0.251 e. The summed E-state index contributed by atoms with van der Waals surface area (Å²) in [5.74, 6) is -1.16. The molecule has 1 aromatic carbocycles. The Hall–Kier alpha value is -4.23. The van der Waals surface area contributed by atoms with Gasteiger partial charge in [-0.3, -0.25) is 9.78 Å². The van der Waals surface area contributed by atoms with Crippen LogP contribution < -0.4 is 15.0 Å². The van der Waals surface area contributed by atoms with E-state index in [1.54, 1.807) is 19.4 Å². The molecule has 0 unspecified atom stereocenters. The Morgan fingerprint density at radius 1 is 1.14 bits per heavy atom. The van der Waals surface area contributed by atoms with Gasteiger partial charge in [-0.05, 0) is 42.5 Å². The topological polar surface area (TPSA) is 124 Å². The van der Waals surface area contributed by atoms with Gasteiger partial charge in [0, 0.05) is 49.7 Å². The first-order valence-corrected chi connectivity index (χ1v) is 15.3. The normalized spacial score (nSPS) is 21.2. The minimum atomic E-state index is -4.51. The van der Waals surface area contributed by atoms with Crippen LogP contribution in [0.15, 0.2) is 59.6 Å². The lowest BCUT2D eigenvalue weighted by Crippen LogP contribution is -2.24. The Balaban J connectivity index is 1.20. The quantitative estimate of drug-likeness (QED) is 0.344. The molecule has 224 valence electrons. The molecule has 1 N–H and O–H groups in total. The number of anilines is 1. The van der Waals surface area contributed by atoms with Crippen LogP contribution in [0.1, 0.15) is 29.4 Å². The van der Waals surface area contributed by atoms with Gasteiger partial charge in [0.05, 0.1) is 41.9 Å². The van der Waals surface area contributed by atoms with E-state index >= 15 is 0 Å². The average molecular weight is 610 g/mol. The van der Waals surface area contributed by atoms with E-state index in [-0.39, 0.29) is 24.8 Å². The Morgan fingerprint density at radius 2 is 1.95 bits per heavy atom. The number of nitrogens with zero attached hydrogens (tertiary/aromatic N) is 4. The first kappa shape index (κ1) is 28.9. The molecule has 0 radical (unpaired) electrons. The number of halogens is 2. The minimum absolute atomic E-state index is 0.0457. The highest BCUT2D eigenvalue weighted by atomic mass is 32.2. The maximum atomic E-state index is 14.7. The van der Waals surface area contributed by atoms with Crippen molar-refractivity contribution in [1.29, 1.82) is 0 Å². The number of fused-ring (bicyclic) bond motifs is 2. The highest BCUT2D eigenvalue weighted by molar-refractivity contribution is 7.92. The molecular formula is C30H29F2N5O5S. The van der Waals surface area contributed by atoms with E-state index in [0.29, 0.717) is 28.5 Å². The number of carbonyl (C=O) groups is 1. The molecule has 6 rings (SSSR count). The van der Waals surface area contributed by atoms with Crippen molar-refractivity contribution < 1.29 is 31.5 Å². The highest BCUT2D eigenvalue weighted by Crippen LogP contribution is 2.35. The highest BCUT2D eigenvalue weighted by Gasteiger charge is 2.36. The zero-order chi connectivity index (χ0) is 30.3. The van der Waals surface area contributed by atoms with Gasteiger partial charge in [-0.25, -0.2) is 27.2 Å². The summed E-state index contributed by atoms with van der Waals surface area (Å²) in [6.45, 7) is 3.42. The molecular weight excluding hydrogens is 580 g/mol. The number of ether oxygens (including phenoxy) is 2. The van der Waals surface area contributed by atoms with E-state index in [4.69, 9.17) is 19.4 Å². The number of benzene rings is 1. The Labute approximate surface area is 247 Å². The fourth-order valence-electron chi connectivity index (χ4n) is 5.34. The monoisotopic (exact) mass is 609 g/mol. The van der Waals surface area contributed by atoms with Crippen molar-refractivity contribution in [1.82, 2.24) is 20.3 Å². The van der Waals surface area contributed by atoms with Crippen molar-refractivity contribution in [2.75, 3.05) is 31.7 Å². The summed E-state index contributed by atoms with van der Waals surface area (Å²) >= 11 is 0. The van der Waals surface area contributed by atoms with E-state index in [9.17, 15) is 22.0 Å². The van der Waals surface area contributed by atoms with Gasteiger partial charge in [-0.1, -0.05) is 13.0 Å². The standard InChI is InChI=1S/C30H29F2N5O5S/c1-17-15-37(16-25(17)41-2)28-5-3-4-22(36-28)23-7-6-18-13-33-20(12-24(18)35-23)14-34-30(38)19-10-21(31)29-26(11-19)43(39,40)27(32)8-9-42-29/h3-7,10-13,17,25,27H,8-9,14-16H2,1-2H3,(H,34,38)/t17-,25-,27-/m1/s1. The van der Waals surface area contributed by atoms with Crippen molar-refractivity contribution in [3.63, 3.8) is 0 Å². The van der Waals surface area contributed by atoms with Crippen LogP contribution in [0.3, 0.4) is 0 Å². The number of alkyl halides is 1. The SMILES string of the molecule is CO[C@@H]1CN(c2cccc(-c3ccc4cnc(CNC(=O)c5cc(F)c6c(c5)S(=O)(=O)[C@@H](F)CCO6)cc4n3)n2)C[C@H]1C. The molecule has 1 saturated heterocycles. The smallest absolute Gasteiger partial charge is 0.251 e. The van der Waals surface area contributed by atoms with Crippen molar-refractivity contribution in [3.8, 4) is 17.1 Å². The second-order valence-electron chi connectivity index (χ2n) is 10.7. The molecule has 3 atom stereocenters. The number of pyridine rings is 3. The van der Waals surface area contributed by atoms with Crippen molar-refractivity contribution in [2.45, 2.75) is 36.4 Å². The summed E-state index contributed by atoms with van der Waals surface area (Å²) in [5.41, 5.74) is -0.0603. The molecule has 0 saturated carbocycles. The molecule has 5 heterocycles. The lowest BCUT2D eigenvalue weighted by atomic mass is 10.1. The third kappa shape index (κ3) is 5.62. The fourth-order valence-corrected chi connectivity index (χ4v) is 6.73. The van der Waals surface area contributed by atoms with Gasteiger partial charge in [0.2, 0.25) is 15.3 Å². The van der Waals surface area contributed by atoms with E-state index in [1.165, 1.54) is 0 Å². The third-order valence-electron chi connectivity index (χ3n) is 7.73. The van der Waals surface area contributed by atoms with E-state index in [1.807, 2.05) is 30.3 Å². The molecule has 13 heteroatoms. The van der Waals surface area contributed by atoms with Crippen LogP contribution in [0.4, 0.5) is 14.6 Å². The number of amides is 1. The molecule has 1 amide bonds. The molecule has 4 aromatic rings. The number of aromatic nitrogens is 3. The lowest BCUT2D eigenvalue weighted by molar-refractivity contribution is 0.0899. The number of hydrogen-bond acceptors (Lipinski definition) is 9. The second kappa shape index (κ2) is 11.5. The molecule has 2 aliphatic rings. The molecule has 1 fully saturated rings. The second-order valence-corrected chi connectivity index (χ2v) is 12.7. The summed E-state index contributed by atoms with van der Waals surface area (Å²) in [5, 5.41) is 3.39. The molecule has 43 heavy (non-hydrogen) atoms. The summed E-state index contributed by atoms with van der Waals surface area (Å²) in [6.07, 6.45) is 1.34. The lowest BCUT2D eigenvalue weighted by Gasteiger charge is -2.17. The first-order chi connectivity index (χ1) is 20.6. The molecule has 0 spiro atoms. The Bertz CT molecular complexity index is 1820. The van der Waals surface area contributed by atoms with Gasteiger partial charge in [0.1, 0.15) is 10.7 Å². The average Bonchev–Trinajstić information content (AvgIpc) is 3.35. The summed E-state index contributed by atoms with van der Waals surface area (Å²) in [6, 6.07) is 13.1. The summed E-state index contributed by atoms with van der Waals surface area (Å²) in [7, 11) is -2.79. The number of methoxy groups -OCH3 is 1. The van der Waals surface area contributed by atoms with E-state index in [2.05, 4.69) is 22.1 Å². The minimum Gasteiger partial charge on any atom is -0.489 e. The Kier molecular flexibility index (Phi) is 7.69. The number of nitrogens with one attached hydrogen (secondary N) is 1. The molecule has 2 aliphatic heterocycles. The van der Waals surface area contributed by atoms with E-state index < -0.39 is 44.1 Å². The predicted octanol–water partition coefficient (Wildman–Crippen LogP) is 4.08. The van der Waals surface area contributed by atoms with Crippen molar-refractivity contribution in [2.24, 2.45) is 5.92 Å². The summed E-state index contributed by atoms with van der Waals surface area (Å²) in [4.78, 5) is 28.4. The van der Waals surface area contributed by atoms with Crippen LogP contribution >= 0.6 is 0 Å². The number of hydrogen-bond donors (Lipinski definition) is 1. The maximum absolute atomic E-state index is 14.7. The van der Waals surface area contributed by atoms with Gasteiger partial charge in [0.15, 0.2) is 11.6 Å². The van der Waals surface area contributed by atoms with Gasteiger partial charge < -0.3 is 19.7 Å². The van der Waals surface area contributed by atoms with Crippen LogP contribution in [-0.4, -0.2) is 67.7 Å². The fraction of sp³-hybridized carbons (Fsp3) is 0.333. The number of sulfone groups is 1. The molecule has 0 bridgehead atoms. The first-order valence-electron chi connectivity index (χ1n) is 13.8. The molecule has 3 aromatic heterocycles. The third-order valence-corrected chi connectivity index (χ3v) is 9.56. The van der Waals surface area contributed by atoms with Crippen molar-refractivity contribution >= 4 is 32.5 Å². The Morgan fingerprint density at radius 3 is 2.74 bits per heavy atom. The zero-order valence-electron chi connectivity index (χ0n) is 23.5. The van der Waals surface area contributed by atoms with Gasteiger partial charge in [0.25, 0.3) is 5.91 Å². The predicted molar refractivity (Wildman–Crippen MR) is 155 cm³/mol. The molecule has 10 nitrogen and oxygen atoms in total. The van der Waals surface area contributed by atoms with Crippen molar-refractivity contribution in [3.05, 3.63) is 71.8 Å². The van der Waals surface area contributed by atoms with Crippen LogP contribution in [0.25, 0.3) is 22.3 Å². The van der Waals surface area contributed by atoms with Crippen LogP contribution in [-0.2, 0) is 21.1 Å². The number of carbonyl (C=O) groups excluding carboxylic acids is 1. The van der Waals surface area contributed by atoms with E-state index in [0.717, 1.165) is 36.4 Å². The van der Waals surface area contributed by atoms with Gasteiger partial charge >= 0.3 is 0 Å². The number of rotatable bonds is 6. The van der Waals surface area contributed by atoms with Crippen LogP contribution in [0, 0.1) is 11.7 Å². The largest absolute Gasteiger partial charge is 0.489 e. The zero-order valence-corrected chi connectivity index (χ0v) is 24.3.